The Bertz CT molecular complexity index is 575. The molecule has 0 amide bonds. The van der Waals surface area contributed by atoms with E-state index in [0.29, 0.717) is 5.92 Å². The van der Waals surface area contributed by atoms with Crippen molar-refractivity contribution in [3.63, 3.8) is 0 Å². The molecule has 0 radical (unpaired) electrons. The quantitative estimate of drug-likeness (QED) is 0.660. The molecule has 2 aromatic carbocycles. The van der Waals surface area contributed by atoms with Gasteiger partial charge >= 0.3 is 0 Å². The predicted molar refractivity (Wildman–Crippen MR) is 83.1 cm³/mol. The number of hydrogen-bond acceptors (Lipinski definition) is 0. The smallest absolute Gasteiger partial charge is 0.0178 e. The van der Waals surface area contributed by atoms with Crippen LogP contribution < -0.4 is 0 Å². The van der Waals surface area contributed by atoms with Crippen LogP contribution in [0.1, 0.15) is 29.0 Å². The highest BCUT2D eigenvalue weighted by molar-refractivity contribution is 9.10. The highest BCUT2D eigenvalue weighted by atomic mass is 79.9. The van der Waals surface area contributed by atoms with E-state index in [4.69, 9.17) is 0 Å². The molecule has 3 rings (SSSR count). The molecule has 0 N–H and O–H groups in total. The molecule has 0 heterocycles. The van der Waals surface area contributed by atoms with Crippen LogP contribution in [-0.4, -0.2) is 0 Å². The van der Waals surface area contributed by atoms with Crippen LogP contribution in [0.25, 0.3) is 0 Å². The van der Waals surface area contributed by atoms with E-state index >= 15 is 0 Å². The number of fused-ring (bicyclic) bond motifs is 1. The van der Waals surface area contributed by atoms with Crippen LogP contribution >= 0.6 is 31.9 Å². The molecule has 1 unspecified atom stereocenters. The third kappa shape index (κ3) is 2.55. The molecule has 0 spiro atoms. The molecule has 18 heavy (non-hydrogen) atoms. The van der Waals surface area contributed by atoms with Gasteiger partial charge in [0.05, 0.1) is 0 Å². The Morgan fingerprint density at radius 1 is 1.00 bits per heavy atom. The third-order valence-corrected chi connectivity index (χ3v) is 4.66. The molecule has 1 aliphatic carbocycles. The lowest BCUT2D eigenvalue weighted by Gasteiger charge is -2.12. The van der Waals surface area contributed by atoms with Crippen molar-refractivity contribution in [3.05, 3.63) is 68.1 Å². The maximum absolute atomic E-state index is 3.55. The summed E-state index contributed by atoms with van der Waals surface area (Å²) in [6.07, 6.45) is 3.64. The third-order valence-electron chi connectivity index (χ3n) is 3.68. The molecular weight excluding hydrogens is 352 g/mol. The fourth-order valence-corrected chi connectivity index (χ4v) is 3.69. The minimum absolute atomic E-state index is 0.683. The molecule has 2 heteroatoms. The Labute approximate surface area is 125 Å². The van der Waals surface area contributed by atoms with Gasteiger partial charge in [-0.05, 0) is 66.1 Å². The zero-order chi connectivity index (χ0) is 12.5. The summed E-state index contributed by atoms with van der Waals surface area (Å²) in [5, 5.41) is 0. The van der Waals surface area contributed by atoms with Gasteiger partial charge in [-0.1, -0.05) is 50.1 Å². The van der Waals surface area contributed by atoms with Crippen LogP contribution in [0, 0.1) is 0 Å². The Balaban J connectivity index is 1.85. The van der Waals surface area contributed by atoms with Gasteiger partial charge < -0.3 is 0 Å². The summed E-state index contributed by atoms with van der Waals surface area (Å²) in [4.78, 5) is 0. The van der Waals surface area contributed by atoms with Crippen LogP contribution in [-0.2, 0) is 12.8 Å². The van der Waals surface area contributed by atoms with E-state index in [-0.39, 0.29) is 0 Å². The summed E-state index contributed by atoms with van der Waals surface area (Å²) in [5.41, 5.74) is 4.48. The Hall–Kier alpha value is -0.600. The topological polar surface area (TPSA) is 0 Å². The van der Waals surface area contributed by atoms with Crippen molar-refractivity contribution in [2.24, 2.45) is 0 Å². The minimum atomic E-state index is 0.683. The van der Waals surface area contributed by atoms with E-state index in [0.717, 1.165) is 6.42 Å². The van der Waals surface area contributed by atoms with Gasteiger partial charge in [-0.15, -0.1) is 0 Å². The first-order valence-electron chi connectivity index (χ1n) is 6.25. The first-order valence-corrected chi connectivity index (χ1v) is 7.84. The van der Waals surface area contributed by atoms with Crippen molar-refractivity contribution in [1.82, 2.24) is 0 Å². The minimum Gasteiger partial charge on any atom is -0.0609 e. The maximum Gasteiger partial charge on any atom is 0.0178 e. The standard InChI is InChI=1S/C16H14Br2/c17-14-3-1-2-11(9-14)8-12-4-5-13-10-15(18)6-7-16(12)13/h1-3,6-7,9-10,12H,4-5,8H2. The van der Waals surface area contributed by atoms with Crippen molar-refractivity contribution in [3.8, 4) is 0 Å². The first kappa shape index (κ1) is 12.4. The molecule has 0 fully saturated rings. The normalized spacial score (nSPS) is 17.8. The molecule has 0 aliphatic heterocycles. The van der Waals surface area contributed by atoms with Crippen molar-refractivity contribution >= 4 is 31.9 Å². The van der Waals surface area contributed by atoms with Crippen LogP contribution in [0.4, 0.5) is 0 Å². The molecular formula is C16H14Br2. The number of hydrogen-bond donors (Lipinski definition) is 0. The van der Waals surface area contributed by atoms with Crippen LogP contribution in [0.15, 0.2) is 51.4 Å². The van der Waals surface area contributed by atoms with E-state index in [1.165, 1.54) is 38.5 Å². The Kier molecular flexibility index (Phi) is 3.58. The van der Waals surface area contributed by atoms with Crippen LogP contribution in [0.2, 0.25) is 0 Å². The van der Waals surface area contributed by atoms with Gasteiger partial charge in [0.1, 0.15) is 0 Å². The number of benzene rings is 2. The Morgan fingerprint density at radius 3 is 2.67 bits per heavy atom. The average molecular weight is 366 g/mol. The SMILES string of the molecule is Brc1cccc(CC2CCc3cc(Br)ccc32)c1. The number of aryl methyl sites for hydroxylation is 1. The average Bonchev–Trinajstić information content (AvgIpc) is 2.72. The van der Waals surface area contributed by atoms with E-state index < -0.39 is 0 Å². The second kappa shape index (κ2) is 5.18. The lowest BCUT2D eigenvalue weighted by atomic mass is 9.94. The summed E-state index contributed by atoms with van der Waals surface area (Å²) >= 11 is 7.10. The highest BCUT2D eigenvalue weighted by Gasteiger charge is 2.22. The highest BCUT2D eigenvalue weighted by Crippen LogP contribution is 2.37. The molecule has 92 valence electrons. The molecule has 0 nitrogen and oxygen atoms in total. The van der Waals surface area contributed by atoms with E-state index in [1.807, 2.05) is 0 Å². The van der Waals surface area contributed by atoms with Gasteiger partial charge in [0.2, 0.25) is 0 Å². The van der Waals surface area contributed by atoms with Gasteiger partial charge in [0, 0.05) is 8.95 Å². The molecule has 0 bridgehead atoms. The summed E-state index contributed by atoms with van der Waals surface area (Å²) in [6, 6.07) is 15.4. The first-order chi connectivity index (χ1) is 8.72. The molecule has 1 atom stereocenters. The van der Waals surface area contributed by atoms with Gasteiger partial charge in [-0.3, -0.25) is 0 Å². The van der Waals surface area contributed by atoms with Crippen LogP contribution in [0.3, 0.4) is 0 Å². The van der Waals surface area contributed by atoms with E-state index in [1.54, 1.807) is 0 Å². The fourth-order valence-electron chi connectivity index (χ4n) is 2.83. The van der Waals surface area contributed by atoms with Gasteiger partial charge in [0.15, 0.2) is 0 Å². The summed E-state index contributed by atoms with van der Waals surface area (Å²) in [7, 11) is 0. The van der Waals surface area contributed by atoms with Crippen molar-refractivity contribution < 1.29 is 0 Å². The van der Waals surface area contributed by atoms with Crippen molar-refractivity contribution in [1.29, 1.82) is 0 Å². The monoisotopic (exact) mass is 364 g/mol. The molecule has 1 aliphatic rings. The van der Waals surface area contributed by atoms with Crippen molar-refractivity contribution in [2.75, 3.05) is 0 Å². The number of halogens is 2. The molecule has 2 aromatic rings. The number of rotatable bonds is 2. The van der Waals surface area contributed by atoms with Gasteiger partial charge in [0.25, 0.3) is 0 Å². The predicted octanol–water partition coefficient (Wildman–Crippen LogP) is 5.48. The molecule has 0 saturated heterocycles. The lowest BCUT2D eigenvalue weighted by molar-refractivity contribution is 0.674. The fraction of sp³-hybridized carbons (Fsp3) is 0.250. The Morgan fingerprint density at radius 2 is 1.83 bits per heavy atom. The summed E-state index contributed by atoms with van der Waals surface area (Å²) in [6.45, 7) is 0. The van der Waals surface area contributed by atoms with Gasteiger partial charge in [-0.25, -0.2) is 0 Å². The maximum atomic E-state index is 3.55. The van der Waals surface area contributed by atoms with E-state index in [9.17, 15) is 0 Å². The summed E-state index contributed by atoms with van der Waals surface area (Å²) in [5.74, 6) is 0.683. The zero-order valence-electron chi connectivity index (χ0n) is 10.00. The second-order valence-electron chi connectivity index (χ2n) is 4.91. The van der Waals surface area contributed by atoms with Crippen LogP contribution in [0.5, 0.6) is 0 Å². The lowest BCUT2D eigenvalue weighted by Crippen LogP contribution is -1.98. The molecule has 0 saturated carbocycles. The zero-order valence-corrected chi connectivity index (χ0v) is 13.2. The van der Waals surface area contributed by atoms with Crippen molar-refractivity contribution in [2.45, 2.75) is 25.2 Å². The van der Waals surface area contributed by atoms with E-state index in [2.05, 4.69) is 74.3 Å². The summed E-state index contributed by atoms with van der Waals surface area (Å²) < 4.78 is 2.37. The van der Waals surface area contributed by atoms with Gasteiger partial charge in [-0.2, -0.15) is 0 Å². The second-order valence-corrected chi connectivity index (χ2v) is 6.74. The molecule has 0 aromatic heterocycles. The largest absolute Gasteiger partial charge is 0.0609 e.